The Morgan fingerprint density at radius 3 is 2.62 bits per heavy atom. The number of rotatable bonds is 2. The van der Waals surface area contributed by atoms with E-state index in [-0.39, 0.29) is 0 Å². The Balaban J connectivity index is 2.34. The molecule has 3 nitrogen and oxygen atoms in total. The molecule has 0 aromatic carbocycles. The van der Waals surface area contributed by atoms with Crippen molar-refractivity contribution >= 4 is 5.69 Å². The molecular formula is C13H21N3. The molecule has 1 atom stereocenters. The molecule has 0 saturated carbocycles. The molecule has 1 aromatic rings. The van der Waals surface area contributed by atoms with E-state index in [1.807, 2.05) is 12.4 Å². The lowest BCUT2D eigenvalue weighted by atomic mass is 9.99. The van der Waals surface area contributed by atoms with E-state index in [1.54, 1.807) is 0 Å². The molecule has 2 rings (SSSR count). The van der Waals surface area contributed by atoms with Gasteiger partial charge in [-0.2, -0.15) is 0 Å². The highest BCUT2D eigenvalue weighted by Gasteiger charge is 2.23. The molecule has 1 aliphatic rings. The maximum Gasteiger partial charge on any atom is 0.0459 e. The molecule has 0 amide bonds. The zero-order valence-corrected chi connectivity index (χ0v) is 10.2. The minimum Gasteiger partial charge on any atom is -0.367 e. The van der Waals surface area contributed by atoms with Crippen LogP contribution in [0.1, 0.15) is 30.4 Å². The molecule has 88 valence electrons. The quantitative estimate of drug-likeness (QED) is 0.827. The Labute approximate surface area is 97.7 Å². The predicted molar refractivity (Wildman–Crippen MR) is 67.8 cm³/mol. The minimum absolute atomic E-state index is 0.508. The lowest BCUT2D eigenvalue weighted by Gasteiger charge is -2.38. The summed E-state index contributed by atoms with van der Waals surface area (Å²) in [6.45, 7) is 6.16. The maximum atomic E-state index is 5.87. The van der Waals surface area contributed by atoms with Gasteiger partial charge in [-0.25, -0.2) is 0 Å². The lowest BCUT2D eigenvalue weighted by molar-refractivity contribution is 0.464. The van der Waals surface area contributed by atoms with Gasteiger partial charge in [-0.3, -0.25) is 4.98 Å². The van der Waals surface area contributed by atoms with Crippen molar-refractivity contribution in [1.82, 2.24) is 4.98 Å². The van der Waals surface area contributed by atoms with Crippen LogP contribution in [-0.4, -0.2) is 24.1 Å². The number of hydrogen-bond acceptors (Lipinski definition) is 3. The van der Waals surface area contributed by atoms with Gasteiger partial charge in [0.1, 0.15) is 0 Å². The summed E-state index contributed by atoms with van der Waals surface area (Å²) in [7, 11) is 0. The Morgan fingerprint density at radius 2 is 2.00 bits per heavy atom. The van der Waals surface area contributed by atoms with Crippen molar-refractivity contribution in [2.45, 2.75) is 39.2 Å². The van der Waals surface area contributed by atoms with Crippen molar-refractivity contribution in [3.63, 3.8) is 0 Å². The van der Waals surface area contributed by atoms with Crippen molar-refractivity contribution in [1.29, 1.82) is 0 Å². The van der Waals surface area contributed by atoms with Gasteiger partial charge >= 0.3 is 0 Å². The van der Waals surface area contributed by atoms with Crippen LogP contribution in [0.3, 0.4) is 0 Å². The van der Waals surface area contributed by atoms with Gasteiger partial charge in [0.15, 0.2) is 0 Å². The Hall–Kier alpha value is -1.09. The summed E-state index contributed by atoms with van der Waals surface area (Å²) in [5.74, 6) is 0. The molecule has 1 unspecified atom stereocenters. The van der Waals surface area contributed by atoms with Crippen LogP contribution in [-0.2, 0) is 0 Å². The highest BCUT2D eigenvalue weighted by molar-refractivity contribution is 5.58. The Morgan fingerprint density at radius 1 is 1.31 bits per heavy atom. The van der Waals surface area contributed by atoms with Gasteiger partial charge in [0.25, 0.3) is 0 Å². The largest absolute Gasteiger partial charge is 0.367 e. The second kappa shape index (κ2) is 4.83. The van der Waals surface area contributed by atoms with Gasteiger partial charge in [0.05, 0.1) is 0 Å². The highest BCUT2D eigenvalue weighted by atomic mass is 15.2. The molecule has 3 heteroatoms. The molecular weight excluding hydrogens is 198 g/mol. The molecule has 0 radical (unpaired) electrons. The van der Waals surface area contributed by atoms with Crippen LogP contribution in [0.25, 0.3) is 0 Å². The molecule has 1 saturated heterocycles. The molecule has 0 aliphatic carbocycles. The van der Waals surface area contributed by atoms with Crippen molar-refractivity contribution in [2.24, 2.45) is 5.73 Å². The third-order valence-electron chi connectivity index (χ3n) is 3.47. The van der Waals surface area contributed by atoms with Gasteiger partial charge in [0, 0.05) is 37.2 Å². The smallest absolute Gasteiger partial charge is 0.0459 e. The highest BCUT2D eigenvalue weighted by Crippen LogP contribution is 2.29. The molecule has 1 aromatic heterocycles. The summed E-state index contributed by atoms with van der Waals surface area (Å²) >= 11 is 0. The number of nitrogens with zero attached hydrogens (tertiary/aromatic N) is 2. The van der Waals surface area contributed by atoms with E-state index in [9.17, 15) is 0 Å². The molecule has 0 spiro atoms. The van der Waals surface area contributed by atoms with Crippen molar-refractivity contribution < 1.29 is 0 Å². The SMILES string of the molecule is Cc1cncc(C)c1N1CCCCC1CN. The number of aromatic nitrogens is 1. The molecule has 1 fully saturated rings. The first-order chi connectivity index (χ1) is 7.74. The normalized spacial score (nSPS) is 21.2. The lowest BCUT2D eigenvalue weighted by Crippen LogP contribution is -2.44. The summed E-state index contributed by atoms with van der Waals surface area (Å²) < 4.78 is 0. The number of nitrogens with two attached hydrogens (primary N) is 1. The van der Waals surface area contributed by atoms with Gasteiger partial charge in [-0.05, 0) is 44.2 Å². The standard InChI is InChI=1S/C13H21N3/c1-10-8-15-9-11(2)13(10)16-6-4-3-5-12(16)7-14/h8-9,12H,3-7,14H2,1-2H3. The zero-order chi connectivity index (χ0) is 11.5. The van der Waals surface area contributed by atoms with E-state index < -0.39 is 0 Å². The van der Waals surface area contributed by atoms with Crippen LogP contribution in [0, 0.1) is 13.8 Å². The van der Waals surface area contributed by atoms with Crippen LogP contribution in [0.4, 0.5) is 5.69 Å². The molecule has 1 aliphatic heterocycles. The van der Waals surface area contributed by atoms with Gasteiger partial charge in [-0.15, -0.1) is 0 Å². The topological polar surface area (TPSA) is 42.2 Å². The fourth-order valence-electron chi connectivity index (χ4n) is 2.69. The van der Waals surface area contributed by atoms with Gasteiger partial charge in [-0.1, -0.05) is 0 Å². The maximum absolute atomic E-state index is 5.87. The average Bonchev–Trinajstić information content (AvgIpc) is 2.29. The van der Waals surface area contributed by atoms with E-state index in [0.717, 1.165) is 13.1 Å². The van der Waals surface area contributed by atoms with Crippen LogP contribution in [0.5, 0.6) is 0 Å². The number of pyridine rings is 1. The average molecular weight is 219 g/mol. The monoisotopic (exact) mass is 219 g/mol. The van der Waals surface area contributed by atoms with E-state index >= 15 is 0 Å². The minimum atomic E-state index is 0.508. The summed E-state index contributed by atoms with van der Waals surface area (Å²) in [6, 6.07) is 0.508. The zero-order valence-electron chi connectivity index (χ0n) is 10.2. The summed E-state index contributed by atoms with van der Waals surface area (Å²) in [5, 5.41) is 0. The van der Waals surface area contributed by atoms with Crippen molar-refractivity contribution in [3.05, 3.63) is 23.5 Å². The molecule has 0 bridgehead atoms. The number of piperidine rings is 1. The molecule has 2 heterocycles. The summed E-state index contributed by atoms with van der Waals surface area (Å²) in [4.78, 5) is 6.71. The van der Waals surface area contributed by atoms with E-state index in [4.69, 9.17) is 5.73 Å². The first-order valence-electron chi connectivity index (χ1n) is 6.12. The Bertz CT molecular complexity index is 342. The molecule has 16 heavy (non-hydrogen) atoms. The number of anilines is 1. The third kappa shape index (κ3) is 2.05. The van der Waals surface area contributed by atoms with Crippen LogP contribution in [0.15, 0.2) is 12.4 Å². The van der Waals surface area contributed by atoms with Crippen LogP contribution < -0.4 is 10.6 Å². The molecule has 2 N–H and O–H groups in total. The fraction of sp³-hybridized carbons (Fsp3) is 0.615. The number of aryl methyl sites for hydroxylation is 2. The fourth-order valence-corrected chi connectivity index (χ4v) is 2.69. The van der Waals surface area contributed by atoms with Crippen LogP contribution in [0.2, 0.25) is 0 Å². The van der Waals surface area contributed by atoms with Crippen molar-refractivity contribution in [2.75, 3.05) is 18.0 Å². The summed E-state index contributed by atoms with van der Waals surface area (Å²) in [5.41, 5.74) is 9.75. The van der Waals surface area contributed by atoms with Gasteiger partial charge in [0.2, 0.25) is 0 Å². The first-order valence-corrected chi connectivity index (χ1v) is 6.12. The first kappa shape index (κ1) is 11.4. The predicted octanol–water partition coefficient (Wildman–Crippen LogP) is 2.02. The second-order valence-electron chi connectivity index (χ2n) is 4.70. The van der Waals surface area contributed by atoms with E-state index in [2.05, 4.69) is 23.7 Å². The number of hydrogen-bond donors (Lipinski definition) is 1. The van der Waals surface area contributed by atoms with Gasteiger partial charge < -0.3 is 10.6 Å². The second-order valence-corrected chi connectivity index (χ2v) is 4.70. The van der Waals surface area contributed by atoms with E-state index in [0.29, 0.717) is 6.04 Å². The van der Waals surface area contributed by atoms with Crippen LogP contribution >= 0.6 is 0 Å². The third-order valence-corrected chi connectivity index (χ3v) is 3.47. The van der Waals surface area contributed by atoms with E-state index in [1.165, 1.54) is 36.1 Å². The Kier molecular flexibility index (Phi) is 3.44. The van der Waals surface area contributed by atoms with Crippen molar-refractivity contribution in [3.8, 4) is 0 Å². The summed E-state index contributed by atoms with van der Waals surface area (Å²) in [6.07, 6.45) is 7.70.